The predicted molar refractivity (Wildman–Crippen MR) is 48.6 cm³/mol. The lowest BCUT2D eigenvalue weighted by Gasteiger charge is -2.22. The van der Waals surface area contributed by atoms with Gasteiger partial charge in [-0.05, 0) is 12.8 Å². The maximum atomic E-state index is 11.9. The number of ether oxygens (including phenoxy) is 1. The fourth-order valence-electron chi connectivity index (χ4n) is 1.40. The summed E-state index contributed by atoms with van der Waals surface area (Å²) in [5.74, 6) is -0.905. The highest BCUT2D eigenvalue weighted by Crippen LogP contribution is 2.19. The van der Waals surface area contributed by atoms with Crippen LogP contribution in [0.2, 0.25) is 0 Å². The van der Waals surface area contributed by atoms with Gasteiger partial charge in [-0.25, -0.2) is 0 Å². The van der Waals surface area contributed by atoms with Crippen molar-refractivity contribution in [1.82, 2.24) is 5.32 Å². The molecule has 1 aliphatic rings. The van der Waals surface area contributed by atoms with Crippen LogP contribution in [0.4, 0.5) is 13.2 Å². The van der Waals surface area contributed by atoms with Gasteiger partial charge in [0, 0.05) is 6.61 Å². The van der Waals surface area contributed by atoms with Gasteiger partial charge in [0.1, 0.15) is 0 Å². The molecule has 16 heavy (non-hydrogen) atoms. The van der Waals surface area contributed by atoms with E-state index in [0.717, 1.165) is 6.42 Å². The van der Waals surface area contributed by atoms with E-state index in [1.54, 1.807) is 0 Å². The fraction of sp³-hybridized carbons (Fsp3) is 0.889. The van der Waals surface area contributed by atoms with Crippen LogP contribution in [-0.4, -0.2) is 43.1 Å². The monoisotopic (exact) mass is 241 g/mol. The maximum Gasteiger partial charge on any atom is 0.416 e. The summed E-state index contributed by atoms with van der Waals surface area (Å²) in [5.41, 5.74) is 0. The minimum absolute atomic E-state index is 0.230. The summed E-state index contributed by atoms with van der Waals surface area (Å²) in [6.45, 7) is 0.00172. The van der Waals surface area contributed by atoms with Crippen molar-refractivity contribution >= 4 is 5.91 Å². The van der Waals surface area contributed by atoms with Gasteiger partial charge in [0.05, 0.1) is 19.1 Å². The minimum atomic E-state index is -4.70. The molecule has 1 amide bonds. The number of alkyl halides is 3. The first-order chi connectivity index (χ1) is 7.41. The molecule has 2 unspecified atom stereocenters. The normalized spacial score (nSPS) is 23.9. The Morgan fingerprint density at radius 2 is 2.25 bits per heavy atom. The molecule has 0 aliphatic carbocycles. The number of aliphatic hydroxyl groups excluding tert-OH is 1. The summed E-state index contributed by atoms with van der Waals surface area (Å²) in [4.78, 5) is 11.4. The first kappa shape index (κ1) is 13.2. The Hall–Kier alpha value is -0.820. The summed E-state index contributed by atoms with van der Waals surface area (Å²) in [6, 6.07) is 0. The van der Waals surface area contributed by atoms with E-state index in [0.29, 0.717) is 13.0 Å². The third-order valence-electron chi connectivity index (χ3n) is 2.38. The van der Waals surface area contributed by atoms with E-state index in [2.05, 4.69) is 5.32 Å². The number of amides is 1. The number of carbonyl (C=O) groups is 1. The number of hydrogen-bond acceptors (Lipinski definition) is 3. The summed E-state index contributed by atoms with van der Waals surface area (Å²) >= 11 is 0. The van der Waals surface area contributed by atoms with Gasteiger partial charge < -0.3 is 15.2 Å². The van der Waals surface area contributed by atoms with Gasteiger partial charge in [-0.1, -0.05) is 0 Å². The smallest absolute Gasteiger partial charge is 0.382 e. The van der Waals surface area contributed by atoms with E-state index in [-0.39, 0.29) is 6.61 Å². The molecule has 0 saturated carbocycles. The summed E-state index contributed by atoms with van der Waals surface area (Å²) < 4.78 is 40.8. The Bertz CT molecular complexity index is 239. The molecule has 0 aromatic carbocycles. The molecule has 2 atom stereocenters. The Morgan fingerprint density at radius 3 is 2.75 bits per heavy atom. The van der Waals surface area contributed by atoms with Crippen LogP contribution in [0.3, 0.4) is 0 Å². The van der Waals surface area contributed by atoms with Gasteiger partial charge in [-0.2, -0.15) is 13.2 Å². The van der Waals surface area contributed by atoms with Gasteiger partial charge in [0.2, 0.25) is 5.91 Å². The SMILES string of the molecule is O=C(NCC(O)C(F)(F)F)C1CCCOC1. The zero-order chi connectivity index (χ0) is 12.2. The fourth-order valence-corrected chi connectivity index (χ4v) is 1.40. The van der Waals surface area contributed by atoms with Crippen LogP contribution >= 0.6 is 0 Å². The average Bonchev–Trinajstić information content (AvgIpc) is 2.25. The lowest BCUT2D eigenvalue weighted by molar-refractivity contribution is -0.202. The largest absolute Gasteiger partial charge is 0.416 e. The molecule has 7 heteroatoms. The molecule has 1 heterocycles. The molecule has 1 saturated heterocycles. The number of halogens is 3. The number of rotatable bonds is 3. The van der Waals surface area contributed by atoms with Crippen LogP contribution in [0.5, 0.6) is 0 Å². The number of nitrogens with one attached hydrogen (secondary N) is 1. The third-order valence-corrected chi connectivity index (χ3v) is 2.38. The zero-order valence-corrected chi connectivity index (χ0v) is 8.59. The second-order valence-corrected chi connectivity index (χ2v) is 3.72. The second kappa shape index (κ2) is 5.49. The third kappa shape index (κ3) is 3.97. The lowest BCUT2D eigenvalue weighted by Crippen LogP contribution is -2.44. The number of aliphatic hydroxyl groups is 1. The Kier molecular flexibility index (Phi) is 4.55. The Balaban J connectivity index is 2.29. The number of carbonyl (C=O) groups excluding carboxylic acids is 1. The molecule has 0 aromatic heterocycles. The molecule has 1 aliphatic heterocycles. The standard InChI is InChI=1S/C9H14F3NO3/c10-9(11,12)7(14)4-13-8(15)6-2-1-3-16-5-6/h6-7,14H,1-5H2,(H,13,15). The lowest BCUT2D eigenvalue weighted by atomic mass is 10.0. The molecule has 1 fully saturated rings. The van der Waals surface area contributed by atoms with Crippen LogP contribution in [0.15, 0.2) is 0 Å². The van der Waals surface area contributed by atoms with Crippen molar-refractivity contribution < 1.29 is 27.8 Å². The summed E-state index contributed by atoms with van der Waals surface area (Å²) in [7, 11) is 0. The second-order valence-electron chi connectivity index (χ2n) is 3.72. The molecule has 0 bridgehead atoms. The van der Waals surface area contributed by atoms with Crippen molar-refractivity contribution in [3.63, 3.8) is 0 Å². The van der Waals surface area contributed by atoms with Gasteiger partial charge in [0.25, 0.3) is 0 Å². The van der Waals surface area contributed by atoms with E-state index in [1.165, 1.54) is 0 Å². The van der Waals surface area contributed by atoms with Crippen molar-refractivity contribution in [2.45, 2.75) is 25.1 Å². The topological polar surface area (TPSA) is 58.6 Å². The van der Waals surface area contributed by atoms with Gasteiger partial charge in [-0.3, -0.25) is 4.79 Å². The van der Waals surface area contributed by atoms with Gasteiger partial charge in [0.15, 0.2) is 6.10 Å². The minimum Gasteiger partial charge on any atom is -0.382 e. The van der Waals surface area contributed by atoms with Gasteiger partial charge >= 0.3 is 6.18 Å². The first-order valence-corrected chi connectivity index (χ1v) is 5.01. The van der Waals surface area contributed by atoms with Crippen molar-refractivity contribution in [2.75, 3.05) is 19.8 Å². The van der Waals surface area contributed by atoms with Crippen LogP contribution in [0.25, 0.3) is 0 Å². The Labute approximate surface area is 90.8 Å². The molecule has 0 radical (unpaired) electrons. The van der Waals surface area contributed by atoms with E-state index < -0.39 is 30.7 Å². The maximum absolute atomic E-state index is 11.9. The average molecular weight is 241 g/mol. The Morgan fingerprint density at radius 1 is 1.56 bits per heavy atom. The first-order valence-electron chi connectivity index (χ1n) is 5.01. The predicted octanol–water partition coefficient (Wildman–Crippen LogP) is 0.452. The molecule has 1 rings (SSSR count). The van der Waals surface area contributed by atoms with Crippen LogP contribution in [0.1, 0.15) is 12.8 Å². The molecular weight excluding hydrogens is 227 g/mol. The van der Waals surface area contributed by atoms with Crippen LogP contribution < -0.4 is 5.32 Å². The molecule has 0 aromatic rings. The van der Waals surface area contributed by atoms with E-state index in [9.17, 15) is 18.0 Å². The van der Waals surface area contributed by atoms with E-state index in [4.69, 9.17) is 9.84 Å². The van der Waals surface area contributed by atoms with Crippen LogP contribution in [0, 0.1) is 5.92 Å². The van der Waals surface area contributed by atoms with Gasteiger partial charge in [-0.15, -0.1) is 0 Å². The molecule has 2 N–H and O–H groups in total. The molecule has 4 nitrogen and oxygen atoms in total. The molecule has 0 spiro atoms. The van der Waals surface area contributed by atoms with E-state index in [1.807, 2.05) is 0 Å². The van der Waals surface area contributed by atoms with Crippen molar-refractivity contribution in [2.24, 2.45) is 5.92 Å². The highest BCUT2D eigenvalue weighted by Gasteiger charge is 2.38. The quantitative estimate of drug-likeness (QED) is 0.754. The molecular formula is C9H14F3NO3. The van der Waals surface area contributed by atoms with Crippen molar-refractivity contribution in [1.29, 1.82) is 0 Å². The van der Waals surface area contributed by atoms with Crippen LogP contribution in [-0.2, 0) is 9.53 Å². The van der Waals surface area contributed by atoms with E-state index >= 15 is 0 Å². The highest BCUT2D eigenvalue weighted by molar-refractivity contribution is 5.78. The summed E-state index contributed by atoms with van der Waals surface area (Å²) in [5, 5.41) is 10.7. The summed E-state index contributed by atoms with van der Waals surface area (Å²) in [6.07, 6.45) is -5.88. The highest BCUT2D eigenvalue weighted by atomic mass is 19.4. The number of hydrogen-bond donors (Lipinski definition) is 2. The zero-order valence-electron chi connectivity index (χ0n) is 8.59. The van der Waals surface area contributed by atoms with Crippen molar-refractivity contribution in [3.05, 3.63) is 0 Å². The molecule has 94 valence electrons. The van der Waals surface area contributed by atoms with Crippen molar-refractivity contribution in [3.8, 4) is 0 Å².